The molecule has 1 aromatic rings. The fourth-order valence-electron chi connectivity index (χ4n) is 1.31. The second-order valence-corrected chi connectivity index (χ2v) is 3.65. The van der Waals surface area contributed by atoms with Crippen LogP contribution in [-0.4, -0.2) is 6.61 Å². The van der Waals surface area contributed by atoms with E-state index in [4.69, 9.17) is 10.5 Å². The number of ether oxygens (including phenoxy) is 1. The van der Waals surface area contributed by atoms with Gasteiger partial charge in [0.2, 0.25) is 0 Å². The topological polar surface area (TPSA) is 35.2 Å². The van der Waals surface area contributed by atoms with Crippen molar-refractivity contribution in [3.05, 3.63) is 24.3 Å². The lowest BCUT2D eigenvalue weighted by molar-refractivity contribution is 0.302. The van der Waals surface area contributed by atoms with Crippen LogP contribution < -0.4 is 10.5 Å². The maximum atomic E-state index is 5.56. The van der Waals surface area contributed by atoms with E-state index < -0.39 is 0 Å². The monoisotopic (exact) mass is 177 g/mol. The first-order chi connectivity index (χ1) is 6.34. The molecule has 0 spiro atoms. The van der Waals surface area contributed by atoms with E-state index in [2.05, 4.69) is 0 Å². The van der Waals surface area contributed by atoms with Crippen LogP contribution in [0, 0.1) is 5.92 Å². The van der Waals surface area contributed by atoms with Crippen molar-refractivity contribution in [2.45, 2.75) is 19.3 Å². The van der Waals surface area contributed by atoms with E-state index >= 15 is 0 Å². The Bertz CT molecular complexity index is 264. The molecule has 1 aliphatic rings. The van der Waals surface area contributed by atoms with E-state index in [1.807, 2.05) is 24.3 Å². The van der Waals surface area contributed by atoms with Gasteiger partial charge in [0.05, 0.1) is 6.61 Å². The fraction of sp³-hybridized carbons (Fsp3) is 0.455. The molecular weight excluding hydrogens is 162 g/mol. The molecule has 2 N–H and O–H groups in total. The number of rotatable bonds is 4. The summed E-state index contributed by atoms with van der Waals surface area (Å²) < 4.78 is 5.56. The number of anilines is 1. The third kappa shape index (κ3) is 2.65. The van der Waals surface area contributed by atoms with Crippen molar-refractivity contribution in [1.82, 2.24) is 0 Å². The molecule has 0 amide bonds. The maximum absolute atomic E-state index is 5.56. The predicted octanol–water partition coefficient (Wildman–Crippen LogP) is 2.45. The second-order valence-electron chi connectivity index (χ2n) is 3.65. The van der Waals surface area contributed by atoms with Crippen LogP contribution in [0.1, 0.15) is 19.3 Å². The minimum absolute atomic E-state index is 0.787. The van der Waals surface area contributed by atoms with Crippen LogP contribution in [0.5, 0.6) is 5.75 Å². The Kier molecular flexibility index (Phi) is 2.39. The van der Waals surface area contributed by atoms with Crippen LogP contribution in [0.4, 0.5) is 5.69 Å². The van der Waals surface area contributed by atoms with Gasteiger partial charge in [0, 0.05) is 5.69 Å². The normalized spacial score (nSPS) is 15.7. The summed E-state index contributed by atoms with van der Waals surface area (Å²) in [7, 11) is 0. The van der Waals surface area contributed by atoms with Crippen molar-refractivity contribution in [3.8, 4) is 5.75 Å². The Morgan fingerprint density at radius 1 is 1.23 bits per heavy atom. The Morgan fingerprint density at radius 3 is 2.54 bits per heavy atom. The van der Waals surface area contributed by atoms with E-state index in [9.17, 15) is 0 Å². The molecule has 2 heteroatoms. The highest BCUT2D eigenvalue weighted by atomic mass is 16.5. The summed E-state index contributed by atoms with van der Waals surface area (Å²) in [5, 5.41) is 0. The average molecular weight is 177 g/mol. The summed E-state index contributed by atoms with van der Waals surface area (Å²) >= 11 is 0. The van der Waals surface area contributed by atoms with Crippen molar-refractivity contribution in [2.24, 2.45) is 5.92 Å². The van der Waals surface area contributed by atoms with Gasteiger partial charge in [-0.1, -0.05) is 12.8 Å². The lowest BCUT2D eigenvalue weighted by Crippen LogP contribution is -1.98. The zero-order valence-electron chi connectivity index (χ0n) is 7.70. The van der Waals surface area contributed by atoms with E-state index in [0.717, 1.165) is 24.0 Å². The van der Waals surface area contributed by atoms with Gasteiger partial charge in [-0.15, -0.1) is 0 Å². The van der Waals surface area contributed by atoms with Crippen molar-refractivity contribution >= 4 is 5.69 Å². The molecule has 0 aliphatic heterocycles. The summed E-state index contributed by atoms with van der Waals surface area (Å²) in [4.78, 5) is 0. The number of benzene rings is 1. The van der Waals surface area contributed by atoms with Crippen LogP contribution in [0.2, 0.25) is 0 Å². The van der Waals surface area contributed by atoms with Gasteiger partial charge in [-0.3, -0.25) is 0 Å². The van der Waals surface area contributed by atoms with Gasteiger partial charge >= 0.3 is 0 Å². The van der Waals surface area contributed by atoms with Crippen LogP contribution in [0.3, 0.4) is 0 Å². The molecule has 0 heterocycles. The van der Waals surface area contributed by atoms with E-state index in [1.165, 1.54) is 19.3 Å². The van der Waals surface area contributed by atoms with Crippen LogP contribution in [0.15, 0.2) is 24.3 Å². The van der Waals surface area contributed by atoms with E-state index in [-0.39, 0.29) is 0 Å². The molecule has 2 nitrogen and oxygen atoms in total. The van der Waals surface area contributed by atoms with Gasteiger partial charge in [0.15, 0.2) is 0 Å². The smallest absolute Gasteiger partial charge is 0.119 e. The first-order valence-electron chi connectivity index (χ1n) is 4.83. The Morgan fingerprint density at radius 2 is 1.92 bits per heavy atom. The highest BCUT2D eigenvalue weighted by Crippen LogP contribution is 2.32. The summed E-state index contributed by atoms with van der Waals surface area (Å²) in [5.74, 6) is 1.86. The summed E-state index contributed by atoms with van der Waals surface area (Å²) in [5.41, 5.74) is 6.34. The standard InChI is InChI=1S/C11H15NO/c12-10-3-5-11(6-4-10)13-8-7-9-1-2-9/h3-6,9H,1-2,7-8,12H2. The average Bonchev–Trinajstić information content (AvgIpc) is 2.92. The molecule has 0 radical (unpaired) electrons. The molecule has 1 aliphatic carbocycles. The molecule has 0 unspecified atom stereocenters. The molecule has 1 fully saturated rings. The fourth-order valence-corrected chi connectivity index (χ4v) is 1.31. The van der Waals surface area contributed by atoms with Crippen LogP contribution >= 0.6 is 0 Å². The minimum Gasteiger partial charge on any atom is -0.494 e. The van der Waals surface area contributed by atoms with Gasteiger partial charge in [0.1, 0.15) is 5.75 Å². The Hall–Kier alpha value is -1.18. The highest BCUT2D eigenvalue weighted by Gasteiger charge is 2.20. The number of hydrogen-bond donors (Lipinski definition) is 1. The quantitative estimate of drug-likeness (QED) is 0.717. The first kappa shape index (κ1) is 8.42. The lowest BCUT2D eigenvalue weighted by atomic mass is 10.3. The molecule has 1 saturated carbocycles. The van der Waals surface area contributed by atoms with Gasteiger partial charge < -0.3 is 10.5 Å². The molecule has 0 saturated heterocycles. The van der Waals surface area contributed by atoms with Crippen molar-refractivity contribution < 1.29 is 4.74 Å². The van der Waals surface area contributed by atoms with Gasteiger partial charge in [-0.05, 0) is 36.6 Å². The summed E-state index contributed by atoms with van der Waals surface area (Å²) in [6, 6.07) is 7.57. The molecule has 0 aromatic heterocycles. The van der Waals surface area contributed by atoms with Crippen LogP contribution in [-0.2, 0) is 0 Å². The minimum atomic E-state index is 0.787. The first-order valence-corrected chi connectivity index (χ1v) is 4.83. The zero-order valence-corrected chi connectivity index (χ0v) is 7.70. The van der Waals surface area contributed by atoms with Gasteiger partial charge in [-0.25, -0.2) is 0 Å². The van der Waals surface area contributed by atoms with Crippen LogP contribution in [0.25, 0.3) is 0 Å². The zero-order chi connectivity index (χ0) is 9.10. The lowest BCUT2D eigenvalue weighted by Gasteiger charge is -2.04. The molecule has 13 heavy (non-hydrogen) atoms. The molecule has 70 valence electrons. The largest absolute Gasteiger partial charge is 0.494 e. The highest BCUT2D eigenvalue weighted by molar-refractivity contribution is 5.41. The third-order valence-corrected chi connectivity index (χ3v) is 2.37. The molecule has 0 atom stereocenters. The Balaban J connectivity index is 1.76. The number of hydrogen-bond acceptors (Lipinski definition) is 2. The SMILES string of the molecule is Nc1ccc(OCCC2CC2)cc1. The van der Waals surface area contributed by atoms with Gasteiger partial charge in [-0.2, -0.15) is 0 Å². The predicted molar refractivity (Wildman–Crippen MR) is 53.7 cm³/mol. The van der Waals surface area contributed by atoms with Crippen molar-refractivity contribution in [2.75, 3.05) is 12.3 Å². The molecule has 0 bridgehead atoms. The number of nitrogen functional groups attached to an aromatic ring is 1. The molecule has 1 aromatic carbocycles. The second kappa shape index (κ2) is 3.69. The third-order valence-electron chi connectivity index (χ3n) is 2.37. The Labute approximate surface area is 78.7 Å². The molecule has 2 rings (SSSR count). The number of nitrogens with two attached hydrogens (primary N) is 1. The summed E-state index contributed by atoms with van der Waals surface area (Å²) in [6.45, 7) is 0.842. The maximum Gasteiger partial charge on any atom is 0.119 e. The summed E-state index contributed by atoms with van der Waals surface area (Å²) in [6.07, 6.45) is 3.99. The van der Waals surface area contributed by atoms with Crippen molar-refractivity contribution in [1.29, 1.82) is 0 Å². The van der Waals surface area contributed by atoms with Crippen molar-refractivity contribution in [3.63, 3.8) is 0 Å². The molecular formula is C11H15NO. The van der Waals surface area contributed by atoms with Gasteiger partial charge in [0.25, 0.3) is 0 Å². The van der Waals surface area contributed by atoms with E-state index in [0.29, 0.717) is 0 Å². The van der Waals surface area contributed by atoms with E-state index in [1.54, 1.807) is 0 Å².